The standard InChI is InChI=1S/C14H18FNO3/c1-8-5-10(11(7-16-8)14(17)18)9-3-4-13(19-2)12(15)6-9/h3-4,6,8,10-11,16H,5,7H2,1-2H3,(H,17,18). The number of carboxylic acids is 1. The SMILES string of the molecule is COc1ccc(C2CC(C)NCC2C(=O)O)cc1F. The van der Waals surface area contributed by atoms with Gasteiger partial charge in [-0.3, -0.25) is 4.79 Å². The molecule has 1 aromatic rings. The van der Waals surface area contributed by atoms with Crippen LogP contribution in [0.5, 0.6) is 5.75 Å². The van der Waals surface area contributed by atoms with Crippen molar-refractivity contribution < 1.29 is 19.0 Å². The molecule has 3 unspecified atom stereocenters. The van der Waals surface area contributed by atoms with Crippen molar-refractivity contribution in [2.24, 2.45) is 5.92 Å². The maximum atomic E-state index is 13.7. The lowest BCUT2D eigenvalue weighted by atomic mass is 9.79. The van der Waals surface area contributed by atoms with Gasteiger partial charge in [-0.15, -0.1) is 0 Å². The van der Waals surface area contributed by atoms with Crippen molar-refractivity contribution in [3.63, 3.8) is 0 Å². The molecule has 1 aliphatic heterocycles. The van der Waals surface area contributed by atoms with E-state index in [4.69, 9.17) is 4.74 Å². The number of rotatable bonds is 3. The van der Waals surface area contributed by atoms with E-state index in [0.717, 1.165) is 5.56 Å². The summed E-state index contributed by atoms with van der Waals surface area (Å²) in [6.07, 6.45) is 0.683. The molecule has 0 bridgehead atoms. The second-order valence-electron chi connectivity index (χ2n) is 4.99. The van der Waals surface area contributed by atoms with E-state index in [1.165, 1.54) is 13.2 Å². The van der Waals surface area contributed by atoms with Crippen molar-refractivity contribution in [2.75, 3.05) is 13.7 Å². The highest BCUT2D eigenvalue weighted by Crippen LogP contribution is 2.34. The first kappa shape index (κ1) is 13.8. The van der Waals surface area contributed by atoms with Gasteiger partial charge in [0.25, 0.3) is 0 Å². The monoisotopic (exact) mass is 267 g/mol. The lowest BCUT2D eigenvalue weighted by molar-refractivity contribution is -0.143. The molecule has 0 radical (unpaired) electrons. The zero-order chi connectivity index (χ0) is 14.0. The van der Waals surface area contributed by atoms with Gasteiger partial charge in [0.05, 0.1) is 13.0 Å². The van der Waals surface area contributed by atoms with E-state index in [0.29, 0.717) is 13.0 Å². The van der Waals surface area contributed by atoms with Gasteiger partial charge in [-0.2, -0.15) is 0 Å². The van der Waals surface area contributed by atoms with Gasteiger partial charge in [0.15, 0.2) is 11.6 Å². The average molecular weight is 267 g/mol. The van der Waals surface area contributed by atoms with Crippen LogP contribution in [0.15, 0.2) is 18.2 Å². The Balaban J connectivity index is 2.31. The third kappa shape index (κ3) is 2.87. The lowest BCUT2D eigenvalue weighted by Gasteiger charge is -2.33. The number of halogens is 1. The third-order valence-corrected chi connectivity index (χ3v) is 3.70. The van der Waals surface area contributed by atoms with Gasteiger partial charge in [-0.25, -0.2) is 4.39 Å². The predicted molar refractivity (Wildman–Crippen MR) is 68.9 cm³/mol. The predicted octanol–water partition coefficient (Wildman–Crippen LogP) is 2.00. The number of hydrogen-bond acceptors (Lipinski definition) is 3. The Labute approximate surface area is 111 Å². The number of methoxy groups -OCH3 is 1. The second kappa shape index (κ2) is 5.57. The van der Waals surface area contributed by atoms with Crippen molar-refractivity contribution in [2.45, 2.75) is 25.3 Å². The lowest BCUT2D eigenvalue weighted by Crippen LogP contribution is -2.44. The summed E-state index contributed by atoms with van der Waals surface area (Å²) in [4.78, 5) is 11.3. The van der Waals surface area contributed by atoms with Crippen LogP contribution in [0.4, 0.5) is 4.39 Å². The highest BCUT2D eigenvalue weighted by molar-refractivity contribution is 5.72. The van der Waals surface area contributed by atoms with Crippen LogP contribution in [0, 0.1) is 11.7 Å². The van der Waals surface area contributed by atoms with E-state index in [1.54, 1.807) is 12.1 Å². The summed E-state index contributed by atoms with van der Waals surface area (Å²) < 4.78 is 18.6. The normalized spacial score (nSPS) is 27.0. The molecule has 0 aromatic heterocycles. The Kier molecular flexibility index (Phi) is 4.04. The molecule has 4 nitrogen and oxygen atoms in total. The summed E-state index contributed by atoms with van der Waals surface area (Å²) in [5.74, 6) is -1.81. The summed E-state index contributed by atoms with van der Waals surface area (Å²) >= 11 is 0. The number of hydrogen-bond donors (Lipinski definition) is 2. The van der Waals surface area contributed by atoms with E-state index >= 15 is 0 Å². The molecule has 2 rings (SSSR count). The summed E-state index contributed by atoms with van der Waals surface area (Å²) in [5, 5.41) is 12.4. The first-order valence-corrected chi connectivity index (χ1v) is 6.32. The van der Waals surface area contributed by atoms with Gasteiger partial charge in [-0.05, 0) is 37.0 Å². The highest BCUT2D eigenvalue weighted by Gasteiger charge is 2.34. The fourth-order valence-electron chi connectivity index (χ4n) is 2.64. The highest BCUT2D eigenvalue weighted by atomic mass is 19.1. The van der Waals surface area contributed by atoms with E-state index in [1.807, 2.05) is 6.92 Å². The Morgan fingerprint density at radius 2 is 2.26 bits per heavy atom. The van der Waals surface area contributed by atoms with Crippen LogP contribution in [-0.2, 0) is 4.79 Å². The third-order valence-electron chi connectivity index (χ3n) is 3.70. The second-order valence-corrected chi connectivity index (χ2v) is 4.99. The first-order valence-electron chi connectivity index (χ1n) is 6.32. The van der Waals surface area contributed by atoms with Crippen molar-refractivity contribution in [3.05, 3.63) is 29.6 Å². The molecule has 1 aromatic carbocycles. The van der Waals surface area contributed by atoms with Gasteiger partial charge in [-0.1, -0.05) is 6.07 Å². The Hall–Kier alpha value is -1.62. The Bertz CT molecular complexity index is 478. The molecule has 0 aliphatic carbocycles. The number of carboxylic acid groups (broad SMARTS) is 1. The number of ether oxygens (including phenoxy) is 1. The first-order chi connectivity index (χ1) is 9.02. The number of piperidine rings is 1. The number of benzene rings is 1. The summed E-state index contributed by atoms with van der Waals surface area (Å²) in [7, 11) is 1.41. The molecule has 2 N–H and O–H groups in total. The van der Waals surface area contributed by atoms with Crippen LogP contribution in [0.1, 0.15) is 24.8 Å². The molecule has 5 heteroatoms. The van der Waals surface area contributed by atoms with Gasteiger partial charge < -0.3 is 15.2 Å². The summed E-state index contributed by atoms with van der Waals surface area (Å²) in [5.41, 5.74) is 0.721. The number of aliphatic carboxylic acids is 1. The fourth-order valence-corrected chi connectivity index (χ4v) is 2.64. The molecule has 1 saturated heterocycles. The topological polar surface area (TPSA) is 58.6 Å². The molecule has 0 spiro atoms. The molecule has 1 fully saturated rings. The maximum absolute atomic E-state index is 13.7. The summed E-state index contributed by atoms with van der Waals surface area (Å²) in [6, 6.07) is 4.92. The minimum atomic E-state index is -0.847. The largest absolute Gasteiger partial charge is 0.494 e. The van der Waals surface area contributed by atoms with Crippen molar-refractivity contribution in [1.29, 1.82) is 0 Å². The fraction of sp³-hybridized carbons (Fsp3) is 0.500. The van der Waals surface area contributed by atoms with E-state index < -0.39 is 17.7 Å². The average Bonchev–Trinajstić information content (AvgIpc) is 2.38. The molecular weight excluding hydrogens is 249 g/mol. The molecule has 3 atom stereocenters. The molecule has 1 aliphatic rings. The van der Waals surface area contributed by atoms with E-state index in [2.05, 4.69) is 5.32 Å². The molecule has 19 heavy (non-hydrogen) atoms. The quantitative estimate of drug-likeness (QED) is 0.879. The van der Waals surface area contributed by atoms with Gasteiger partial charge >= 0.3 is 5.97 Å². The zero-order valence-corrected chi connectivity index (χ0v) is 11.0. The summed E-state index contributed by atoms with van der Waals surface area (Å²) in [6.45, 7) is 2.42. The molecule has 0 amide bonds. The molecule has 104 valence electrons. The molecule has 0 saturated carbocycles. The zero-order valence-electron chi connectivity index (χ0n) is 11.0. The van der Waals surface area contributed by atoms with Crippen molar-refractivity contribution in [3.8, 4) is 5.75 Å². The van der Waals surface area contributed by atoms with Crippen LogP contribution < -0.4 is 10.1 Å². The Morgan fingerprint density at radius 3 is 2.84 bits per heavy atom. The van der Waals surface area contributed by atoms with Gasteiger partial charge in [0, 0.05) is 12.6 Å². The maximum Gasteiger partial charge on any atom is 0.308 e. The smallest absolute Gasteiger partial charge is 0.308 e. The van der Waals surface area contributed by atoms with Crippen LogP contribution in [0.3, 0.4) is 0 Å². The Morgan fingerprint density at radius 1 is 1.53 bits per heavy atom. The van der Waals surface area contributed by atoms with Crippen molar-refractivity contribution >= 4 is 5.97 Å². The molecular formula is C14H18FNO3. The van der Waals surface area contributed by atoms with Crippen molar-refractivity contribution in [1.82, 2.24) is 5.32 Å². The minimum absolute atomic E-state index is 0.172. The van der Waals surface area contributed by atoms with Crippen LogP contribution in [0.25, 0.3) is 0 Å². The molecule has 1 heterocycles. The van der Waals surface area contributed by atoms with E-state index in [9.17, 15) is 14.3 Å². The van der Waals surface area contributed by atoms with Gasteiger partial charge in [0.2, 0.25) is 0 Å². The van der Waals surface area contributed by atoms with E-state index in [-0.39, 0.29) is 17.7 Å². The number of carbonyl (C=O) groups is 1. The van der Waals surface area contributed by atoms with Gasteiger partial charge in [0.1, 0.15) is 0 Å². The minimum Gasteiger partial charge on any atom is -0.494 e. The van der Waals surface area contributed by atoms with Crippen LogP contribution in [0.2, 0.25) is 0 Å². The van der Waals surface area contributed by atoms with Crippen LogP contribution in [-0.4, -0.2) is 30.8 Å². The number of nitrogens with one attached hydrogen (secondary N) is 1. The van der Waals surface area contributed by atoms with Crippen LogP contribution >= 0.6 is 0 Å².